The molecule has 3 aliphatic rings. The van der Waals surface area contributed by atoms with Gasteiger partial charge in [-0.15, -0.1) is 0 Å². The van der Waals surface area contributed by atoms with Crippen LogP contribution in [0.5, 0.6) is 0 Å². The Labute approximate surface area is 373 Å². The van der Waals surface area contributed by atoms with Crippen molar-refractivity contribution in [3.05, 3.63) is 0 Å². The fourth-order valence-electron chi connectivity index (χ4n) is 8.37. The number of rotatable bonds is 32. The minimum atomic E-state index is -1.96. The highest BCUT2D eigenvalue weighted by molar-refractivity contribution is 5.76. The lowest BCUT2D eigenvalue weighted by Crippen LogP contribution is -2.66. The molecule has 3 heterocycles. The van der Waals surface area contributed by atoms with Gasteiger partial charge in [0.25, 0.3) is 0 Å². The van der Waals surface area contributed by atoms with Crippen molar-refractivity contribution in [2.24, 2.45) is 0 Å². The molecule has 0 aromatic carbocycles. The summed E-state index contributed by atoms with van der Waals surface area (Å²) in [7, 11) is 0. The summed E-state index contributed by atoms with van der Waals surface area (Å²) in [5, 5.41) is 119. The highest BCUT2D eigenvalue weighted by atomic mass is 16.8. The third-order valence-electron chi connectivity index (χ3n) is 12.4. The molecule has 0 aromatic heterocycles. The number of carbonyl (C=O) groups is 1. The minimum Gasteiger partial charge on any atom is -0.394 e. The Kier molecular flexibility index (Phi) is 27.6. The third-order valence-corrected chi connectivity index (χ3v) is 12.4. The van der Waals surface area contributed by atoms with Crippen molar-refractivity contribution in [1.29, 1.82) is 0 Å². The van der Waals surface area contributed by atoms with Crippen molar-refractivity contribution < 1.29 is 89.4 Å². The molecule has 1 amide bonds. The van der Waals surface area contributed by atoms with Gasteiger partial charge in [0.2, 0.25) is 5.91 Å². The van der Waals surface area contributed by atoms with Crippen LogP contribution in [0.2, 0.25) is 0 Å². The second-order valence-electron chi connectivity index (χ2n) is 17.6. The van der Waals surface area contributed by atoms with E-state index in [4.69, 9.17) is 28.4 Å². The molecule has 17 unspecified atom stereocenters. The maximum Gasteiger partial charge on any atom is 0.220 e. The van der Waals surface area contributed by atoms with Crippen molar-refractivity contribution in [2.45, 2.75) is 247 Å². The van der Waals surface area contributed by atoms with Crippen LogP contribution in [-0.4, -0.2) is 193 Å². The van der Waals surface area contributed by atoms with E-state index in [1.807, 2.05) is 0 Å². The van der Waals surface area contributed by atoms with Crippen LogP contribution < -0.4 is 5.32 Å². The van der Waals surface area contributed by atoms with Crippen molar-refractivity contribution >= 4 is 5.91 Å². The van der Waals surface area contributed by atoms with E-state index >= 15 is 0 Å². The lowest BCUT2D eigenvalue weighted by Gasteiger charge is -2.48. The summed E-state index contributed by atoms with van der Waals surface area (Å²) in [6, 6.07) is -0.874. The smallest absolute Gasteiger partial charge is 0.220 e. The van der Waals surface area contributed by atoms with E-state index in [0.29, 0.717) is 12.8 Å². The Bertz CT molecular complexity index is 1190. The van der Waals surface area contributed by atoms with Crippen molar-refractivity contribution in [3.63, 3.8) is 0 Å². The summed E-state index contributed by atoms with van der Waals surface area (Å²) < 4.78 is 34.0. The van der Waals surface area contributed by atoms with Gasteiger partial charge in [0, 0.05) is 6.42 Å². The SMILES string of the molecule is CCCCCCCCCCCCCCCC(=O)NC(COC1OC(CO)C(OC2OC(CO)C(OC3OC(CO)C(O)C(O)C3O)C(O)C2O)C(O)C1O)C(O)CCCCCCC. The van der Waals surface area contributed by atoms with E-state index in [-0.39, 0.29) is 18.9 Å². The minimum absolute atomic E-state index is 0.251. The lowest BCUT2D eigenvalue weighted by atomic mass is 9.96. The summed E-state index contributed by atoms with van der Waals surface area (Å²) in [5.74, 6) is -0.251. The largest absolute Gasteiger partial charge is 0.394 e. The number of unbranched alkanes of at least 4 members (excludes halogenated alkanes) is 16. The summed E-state index contributed by atoms with van der Waals surface area (Å²) in [6.07, 6.45) is -5.69. The summed E-state index contributed by atoms with van der Waals surface area (Å²) in [6.45, 7) is 1.64. The Morgan fingerprint density at radius 1 is 0.508 bits per heavy atom. The van der Waals surface area contributed by atoms with E-state index in [0.717, 1.165) is 51.4 Å². The number of nitrogens with one attached hydrogen (secondary N) is 1. The van der Waals surface area contributed by atoms with Gasteiger partial charge in [0.15, 0.2) is 18.9 Å². The molecule has 3 fully saturated rings. The number of hydrogen-bond acceptors (Lipinski definition) is 18. The number of amides is 1. The van der Waals surface area contributed by atoms with Gasteiger partial charge >= 0.3 is 0 Å². The highest BCUT2D eigenvalue weighted by Crippen LogP contribution is 2.33. The standard InChI is InChI=1S/C44H83NO18/c1-3-5-7-9-10-11-12-13-14-15-16-18-20-22-32(50)45-27(28(49)21-19-17-8-6-4-2)26-58-42-38(56)35(53)40(30(24-47)60-42)63-44-39(57)36(54)41(31(25-48)61-44)62-43-37(55)34(52)33(51)29(23-46)59-43/h27-31,33-44,46-49,51-57H,3-26H2,1-2H3,(H,45,50). The molecule has 3 aliphatic heterocycles. The first-order chi connectivity index (χ1) is 30.3. The number of aliphatic hydroxyl groups is 11. The van der Waals surface area contributed by atoms with Gasteiger partial charge in [-0.1, -0.05) is 123 Å². The van der Waals surface area contributed by atoms with Crippen molar-refractivity contribution in [2.75, 3.05) is 26.4 Å². The van der Waals surface area contributed by atoms with Gasteiger partial charge in [0.05, 0.1) is 38.6 Å². The van der Waals surface area contributed by atoms with Gasteiger partial charge < -0.3 is 89.9 Å². The van der Waals surface area contributed by atoms with E-state index in [1.54, 1.807) is 0 Å². The quantitative estimate of drug-likeness (QED) is 0.0400. The molecule has 0 saturated carbocycles. The molecular weight excluding hydrogens is 830 g/mol. The second kappa shape index (κ2) is 31.0. The Morgan fingerprint density at radius 3 is 1.38 bits per heavy atom. The van der Waals surface area contributed by atoms with Gasteiger partial charge in [0.1, 0.15) is 73.2 Å². The molecule has 3 rings (SSSR count). The third kappa shape index (κ3) is 18.1. The molecular formula is C44H83NO18. The molecule has 17 atom stereocenters. The second-order valence-corrected chi connectivity index (χ2v) is 17.6. The molecule has 0 aliphatic carbocycles. The van der Waals surface area contributed by atoms with Crippen LogP contribution in [0.1, 0.15) is 142 Å². The monoisotopic (exact) mass is 914 g/mol. The average molecular weight is 914 g/mol. The molecule has 63 heavy (non-hydrogen) atoms. The average Bonchev–Trinajstić information content (AvgIpc) is 3.28. The molecule has 19 heteroatoms. The highest BCUT2D eigenvalue weighted by Gasteiger charge is 2.53. The molecule has 3 saturated heterocycles. The fraction of sp³-hybridized carbons (Fsp3) is 0.977. The van der Waals surface area contributed by atoms with E-state index in [9.17, 15) is 61.0 Å². The predicted octanol–water partition coefficient (Wildman–Crippen LogP) is 0.139. The molecule has 0 bridgehead atoms. The van der Waals surface area contributed by atoms with Gasteiger partial charge in [-0.2, -0.15) is 0 Å². The fourth-order valence-corrected chi connectivity index (χ4v) is 8.37. The summed E-state index contributed by atoms with van der Waals surface area (Å²) in [4.78, 5) is 13.1. The normalized spacial score (nSPS) is 34.8. The van der Waals surface area contributed by atoms with Crippen LogP contribution in [0.3, 0.4) is 0 Å². The van der Waals surface area contributed by atoms with Crippen molar-refractivity contribution in [1.82, 2.24) is 5.32 Å². The zero-order valence-electron chi connectivity index (χ0n) is 37.6. The van der Waals surface area contributed by atoms with Gasteiger partial charge in [-0.3, -0.25) is 4.79 Å². The van der Waals surface area contributed by atoms with Gasteiger partial charge in [-0.25, -0.2) is 0 Å². The molecule has 0 spiro atoms. The van der Waals surface area contributed by atoms with E-state index in [2.05, 4.69) is 19.2 Å². The lowest BCUT2D eigenvalue weighted by molar-refractivity contribution is -0.379. The number of carbonyl (C=O) groups excluding carboxylic acids is 1. The number of aliphatic hydroxyl groups excluding tert-OH is 11. The molecule has 0 radical (unpaired) electrons. The first-order valence-corrected chi connectivity index (χ1v) is 23.8. The van der Waals surface area contributed by atoms with E-state index < -0.39 is 124 Å². The number of ether oxygens (including phenoxy) is 6. The molecule has 19 nitrogen and oxygen atoms in total. The summed E-state index contributed by atoms with van der Waals surface area (Å²) >= 11 is 0. The maximum atomic E-state index is 13.1. The Morgan fingerprint density at radius 2 is 0.905 bits per heavy atom. The van der Waals surface area contributed by atoms with Crippen LogP contribution in [0, 0.1) is 0 Å². The number of hydrogen-bond donors (Lipinski definition) is 12. The Hall–Kier alpha value is -1.21. The summed E-state index contributed by atoms with van der Waals surface area (Å²) in [5.41, 5.74) is 0. The topological polar surface area (TPSA) is 307 Å². The zero-order chi connectivity index (χ0) is 46.3. The van der Waals surface area contributed by atoms with Gasteiger partial charge in [-0.05, 0) is 12.8 Å². The first-order valence-electron chi connectivity index (χ1n) is 23.8. The van der Waals surface area contributed by atoms with Crippen LogP contribution >= 0.6 is 0 Å². The van der Waals surface area contributed by atoms with Crippen LogP contribution in [0.25, 0.3) is 0 Å². The van der Waals surface area contributed by atoms with Crippen LogP contribution in [0.4, 0.5) is 0 Å². The van der Waals surface area contributed by atoms with Crippen molar-refractivity contribution in [3.8, 4) is 0 Å². The van der Waals surface area contributed by atoms with Crippen LogP contribution in [-0.2, 0) is 33.2 Å². The van der Waals surface area contributed by atoms with E-state index in [1.165, 1.54) is 57.8 Å². The van der Waals surface area contributed by atoms with Crippen LogP contribution in [0.15, 0.2) is 0 Å². The maximum absolute atomic E-state index is 13.1. The molecule has 12 N–H and O–H groups in total. The molecule has 0 aromatic rings. The molecule has 372 valence electrons. The predicted molar refractivity (Wildman–Crippen MR) is 227 cm³/mol. The zero-order valence-corrected chi connectivity index (χ0v) is 37.6. The Balaban J connectivity index is 1.54. The first kappa shape index (κ1) is 56.1.